The lowest BCUT2D eigenvalue weighted by atomic mass is 10.2. The van der Waals surface area contributed by atoms with Crippen LogP contribution in [0.4, 0.5) is 11.5 Å². The van der Waals surface area contributed by atoms with Crippen LogP contribution in [0.1, 0.15) is 5.56 Å². The van der Waals surface area contributed by atoms with Crippen molar-refractivity contribution >= 4 is 11.5 Å². The zero-order valence-electron chi connectivity index (χ0n) is 8.57. The fourth-order valence-electron chi connectivity index (χ4n) is 1.28. The molecule has 0 atom stereocenters. The lowest BCUT2D eigenvalue weighted by Crippen LogP contribution is -2.10. The summed E-state index contributed by atoms with van der Waals surface area (Å²) in [6.07, 6.45) is 1.75. The molecule has 0 fully saturated rings. The van der Waals surface area contributed by atoms with E-state index in [0.717, 1.165) is 11.5 Å². The Hall–Kier alpha value is -2.03. The number of rotatable bonds is 3. The number of hydrogen-bond donors (Lipinski definition) is 2. The van der Waals surface area contributed by atoms with Gasteiger partial charge in [-0.3, -0.25) is 10.9 Å². The Bertz CT molecular complexity index is 426. The van der Waals surface area contributed by atoms with E-state index < -0.39 is 0 Å². The lowest BCUT2D eigenvalue weighted by Gasteiger charge is -2.10. The van der Waals surface area contributed by atoms with Crippen molar-refractivity contribution in [1.82, 2.24) is 4.98 Å². The van der Waals surface area contributed by atoms with Crippen LogP contribution in [0.3, 0.4) is 0 Å². The molecule has 2 aromatic rings. The van der Waals surface area contributed by atoms with Crippen LogP contribution >= 0.6 is 0 Å². The molecule has 3 nitrogen and oxygen atoms in total. The van der Waals surface area contributed by atoms with Gasteiger partial charge in [0, 0.05) is 6.20 Å². The minimum Gasteiger partial charge on any atom is -0.299 e. The predicted molar refractivity (Wildman–Crippen MR) is 62.7 cm³/mol. The molecule has 0 unspecified atom stereocenters. The second kappa shape index (κ2) is 4.46. The first-order valence-electron chi connectivity index (χ1n) is 4.85. The molecule has 0 amide bonds. The van der Waals surface area contributed by atoms with Crippen molar-refractivity contribution in [2.75, 3.05) is 10.9 Å². The fourth-order valence-corrected chi connectivity index (χ4v) is 1.28. The minimum atomic E-state index is 0.806. The Labute approximate surface area is 89.1 Å². The van der Waals surface area contributed by atoms with Gasteiger partial charge in [-0.25, -0.2) is 4.98 Å². The van der Waals surface area contributed by atoms with Crippen molar-refractivity contribution in [3.63, 3.8) is 0 Å². The molecule has 2 N–H and O–H groups in total. The number of nitrogens with zero attached hydrogens (tertiary/aromatic N) is 1. The maximum atomic E-state index is 4.15. The summed E-state index contributed by atoms with van der Waals surface area (Å²) < 4.78 is 0. The highest BCUT2D eigenvalue weighted by Gasteiger charge is 1.95. The number of nitrogens with one attached hydrogen (secondary N) is 2. The van der Waals surface area contributed by atoms with E-state index in [2.05, 4.69) is 28.8 Å². The third-order valence-electron chi connectivity index (χ3n) is 2.14. The van der Waals surface area contributed by atoms with Gasteiger partial charge in [-0.05, 0) is 30.7 Å². The summed E-state index contributed by atoms with van der Waals surface area (Å²) in [5, 5.41) is 0. The van der Waals surface area contributed by atoms with Crippen LogP contribution in [-0.4, -0.2) is 4.98 Å². The summed E-state index contributed by atoms with van der Waals surface area (Å²) in [6.45, 7) is 2.06. The molecule has 0 saturated heterocycles. The van der Waals surface area contributed by atoms with Gasteiger partial charge in [0.05, 0.1) is 5.69 Å². The van der Waals surface area contributed by atoms with Gasteiger partial charge < -0.3 is 0 Å². The summed E-state index contributed by atoms with van der Waals surface area (Å²) in [4.78, 5) is 4.15. The molecule has 0 saturated carbocycles. The average Bonchev–Trinajstić information content (AvgIpc) is 2.29. The second-order valence-corrected chi connectivity index (χ2v) is 3.28. The number of para-hydroxylation sites is 1. The van der Waals surface area contributed by atoms with Crippen LogP contribution in [0, 0.1) is 6.92 Å². The standard InChI is InChI=1S/C12H13N3/c1-10-6-2-3-7-11(10)14-15-12-8-4-5-9-13-12/h2-9,14H,1H3,(H,13,15). The highest BCUT2D eigenvalue weighted by molar-refractivity contribution is 5.54. The van der Waals surface area contributed by atoms with Crippen molar-refractivity contribution in [3.05, 3.63) is 54.2 Å². The van der Waals surface area contributed by atoms with Gasteiger partial charge in [-0.2, -0.15) is 0 Å². The van der Waals surface area contributed by atoms with E-state index in [-0.39, 0.29) is 0 Å². The average molecular weight is 199 g/mol. The quantitative estimate of drug-likeness (QED) is 0.746. The van der Waals surface area contributed by atoms with Gasteiger partial charge in [0.25, 0.3) is 0 Å². The van der Waals surface area contributed by atoms with Crippen LogP contribution < -0.4 is 10.9 Å². The van der Waals surface area contributed by atoms with Crippen LogP contribution in [0.15, 0.2) is 48.7 Å². The van der Waals surface area contributed by atoms with E-state index in [0.29, 0.717) is 0 Å². The van der Waals surface area contributed by atoms with Gasteiger partial charge in [0.2, 0.25) is 0 Å². The van der Waals surface area contributed by atoms with Crippen LogP contribution in [0.5, 0.6) is 0 Å². The maximum absolute atomic E-state index is 4.15. The molecule has 1 aromatic heterocycles. The zero-order chi connectivity index (χ0) is 10.5. The molecule has 0 aliphatic carbocycles. The Morgan fingerprint density at radius 1 is 0.933 bits per heavy atom. The van der Waals surface area contributed by atoms with E-state index in [1.807, 2.05) is 36.4 Å². The Kier molecular flexibility index (Phi) is 2.83. The Morgan fingerprint density at radius 2 is 1.73 bits per heavy atom. The maximum Gasteiger partial charge on any atom is 0.144 e. The molecule has 2 rings (SSSR count). The number of hydrogen-bond acceptors (Lipinski definition) is 3. The molecule has 0 bridgehead atoms. The van der Waals surface area contributed by atoms with E-state index in [1.54, 1.807) is 6.20 Å². The van der Waals surface area contributed by atoms with Crippen molar-refractivity contribution in [2.24, 2.45) is 0 Å². The molecule has 0 aliphatic heterocycles. The first kappa shape index (κ1) is 9.52. The molecule has 1 aromatic carbocycles. The molecule has 15 heavy (non-hydrogen) atoms. The van der Waals surface area contributed by atoms with E-state index in [1.165, 1.54) is 5.56 Å². The third kappa shape index (κ3) is 2.47. The van der Waals surface area contributed by atoms with Gasteiger partial charge >= 0.3 is 0 Å². The predicted octanol–water partition coefficient (Wildman–Crippen LogP) is 2.83. The summed E-state index contributed by atoms with van der Waals surface area (Å²) >= 11 is 0. The highest BCUT2D eigenvalue weighted by Crippen LogP contribution is 2.13. The van der Waals surface area contributed by atoms with Gasteiger partial charge in [-0.1, -0.05) is 24.3 Å². The van der Waals surface area contributed by atoms with Crippen LogP contribution in [0.2, 0.25) is 0 Å². The summed E-state index contributed by atoms with van der Waals surface area (Å²) in [6, 6.07) is 13.8. The third-order valence-corrected chi connectivity index (χ3v) is 2.14. The monoisotopic (exact) mass is 199 g/mol. The summed E-state index contributed by atoms with van der Waals surface area (Å²) in [5.74, 6) is 0.806. The van der Waals surface area contributed by atoms with Gasteiger partial charge in [0.1, 0.15) is 5.82 Å². The highest BCUT2D eigenvalue weighted by atomic mass is 15.4. The molecular weight excluding hydrogens is 186 g/mol. The zero-order valence-corrected chi connectivity index (χ0v) is 8.57. The number of anilines is 2. The van der Waals surface area contributed by atoms with Gasteiger partial charge in [0.15, 0.2) is 0 Å². The largest absolute Gasteiger partial charge is 0.299 e. The van der Waals surface area contributed by atoms with E-state index in [9.17, 15) is 0 Å². The van der Waals surface area contributed by atoms with E-state index >= 15 is 0 Å². The molecule has 1 heterocycles. The lowest BCUT2D eigenvalue weighted by molar-refractivity contribution is 1.26. The number of aromatic nitrogens is 1. The number of hydrazine groups is 1. The smallest absolute Gasteiger partial charge is 0.144 e. The summed E-state index contributed by atoms with van der Waals surface area (Å²) in [7, 11) is 0. The first-order valence-corrected chi connectivity index (χ1v) is 4.85. The topological polar surface area (TPSA) is 37.0 Å². The van der Waals surface area contributed by atoms with Crippen molar-refractivity contribution in [1.29, 1.82) is 0 Å². The van der Waals surface area contributed by atoms with Gasteiger partial charge in [-0.15, -0.1) is 0 Å². The number of pyridine rings is 1. The number of aryl methyl sites for hydroxylation is 1. The number of benzene rings is 1. The normalized spacial score (nSPS) is 9.67. The first-order chi connectivity index (χ1) is 7.36. The van der Waals surface area contributed by atoms with Crippen molar-refractivity contribution in [3.8, 4) is 0 Å². The second-order valence-electron chi connectivity index (χ2n) is 3.28. The summed E-state index contributed by atoms with van der Waals surface area (Å²) in [5.41, 5.74) is 8.41. The van der Waals surface area contributed by atoms with Crippen LogP contribution in [-0.2, 0) is 0 Å². The molecule has 3 heteroatoms. The SMILES string of the molecule is Cc1ccccc1NNc1ccccn1. The Morgan fingerprint density at radius 3 is 2.47 bits per heavy atom. The van der Waals surface area contributed by atoms with Crippen molar-refractivity contribution < 1.29 is 0 Å². The molecule has 0 radical (unpaired) electrons. The molecular formula is C12H13N3. The minimum absolute atomic E-state index is 0.806. The Balaban J connectivity index is 2.03. The molecule has 0 aliphatic rings. The molecule has 0 spiro atoms. The van der Waals surface area contributed by atoms with Crippen LogP contribution in [0.25, 0.3) is 0 Å². The van der Waals surface area contributed by atoms with E-state index in [4.69, 9.17) is 0 Å². The fraction of sp³-hybridized carbons (Fsp3) is 0.0833. The molecule has 76 valence electrons. The van der Waals surface area contributed by atoms with Crippen molar-refractivity contribution in [2.45, 2.75) is 6.92 Å².